The van der Waals surface area contributed by atoms with Crippen molar-refractivity contribution < 1.29 is 0 Å². The molecular weight excluding hydrogens is 246 g/mol. The monoisotopic (exact) mass is 269 g/mol. The van der Waals surface area contributed by atoms with Crippen molar-refractivity contribution in [2.24, 2.45) is 5.73 Å². The molecule has 1 aliphatic rings. The van der Waals surface area contributed by atoms with Crippen molar-refractivity contribution in [2.75, 3.05) is 6.54 Å². The number of nitrogens with zero attached hydrogens (tertiary/aromatic N) is 2. The summed E-state index contributed by atoms with van der Waals surface area (Å²) in [5, 5.41) is 0. The van der Waals surface area contributed by atoms with Gasteiger partial charge in [-0.3, -0.25) is 0 Å². The molecule has 0 atom stereocenters. The lowest BCUT2D eigenvalue weighted by Gasteiger charge is -2.16. The number of aromatic nitrogens is 2. The zero-order valence-electron chi connectivity index (χ0n) is 12.4. The van der Waals surface area contributed by atoms with E-state index in [1.165, 1.54) is 41.1 Å². The van der Waals surface area contributed by atoms with Gasteiger partial charge in [-0.1, -0.05) is 23.8 Å². The molecule has 2 aromatic rings. The fourth-order valence-corrected chi connectivity index (χ4v) is 3.23. The Hall–Kier alpha value is -1.61. The average Bonchev–Trinajstić information content (AvgIpc) is 2.78. The van der Waals surface area contributed by atoms with Crippen LogP contribution in [0.3, 0.4) is 0 Å². The molecule has 3 rings (SSSR count). The first kappa shape index (κ1) is 13.4. The van der Waals surface area contributed by atoms with E-state index in [4.69, 9.17) is 10.7 Å². The summed E-state index contributed by atoms with van der Waals surface area (Å²) in [6.07, 6.45) is 4.52. The highest BCUT2D eigenvalue weighted by Crippen LogP contribution is 2.30. The predicted octanol–water partition coefficient (Wildman–Crippen LogP) is 3.00. The van der Waals surface area contributed by atoms with Gasteiger partial charge in [0.1, 0.15) is 5.82 Å². The first-order chi connectivity index (χ1) is 9.70. The molecule has 106 valence electrons. The largest absolute Gasteiger partial charge is 0.331 e. The Bertz CT molecular complexity index is 625. The van der Waals surface area contributed by atoms with Crippen LogP contribution in [-0.4, -0.2) is 16.1 Å². The summed E-state index contributed by atoms with van der Waals surface area (Å²) < 4.78 is 2.41. The molecule has 0 bridgehead atoms. The molecule has 20 heavy (non-hydrogen) atoms. The molecule has 1 aliphatic heterocycles. The van der Waals surface area contributed by atoms with Gasteiger partial charge in [-0.25, -0.2) is 4.98 Å². The number of nitrogens with two attached hydrogens (primary N) is 1. The predicted molar refractivity (Wildman–Crippen MR) is 82.8 cm³/mol. The average molecular weight is 269 g/mol. The minimum absolute atomic E-state index is 0.684. The highest BCUT2D eigenvalue weighted by molar-refractivity contribution is 5.67. The number of aryl methyl sites for hydroxylation is 3. The summed E-state index contributed by atoms with van der Waals surface area (Å²) in [5.74, 6) is 1.25. The second-order valence-electron chi connectivity index (χ2n) is 5.79. The van der Waals surface area contributed by atoms with Gasteiger partial charge in [0.15, 0.2) is 0 Å². The Labute approximate surface area is 120 Å². The van der Waals surface area contributed by atoms with Crippen LogP contribution in [0, 0.1) is 13.8 Å². The second-order valence-corrected chi connectivity index (χ2v) is 5.79. The normalized spacial score (nSPS) is 14.3. The standard InChI is InChI=1S/C17H23N3/c1-12-6-7-14(13(2)11-12)17-15(8-9-18)20-10-4-3-5-16(20)19-17/h6-7,11H,3-5,8-10,18H2,1-2H3. The fraction of sp³-hybridized carbons (Fsp3) is 0.471. The molecule has 0 saturated heterocycles. The molecule has 0 fully saturated rings. The Balaban J connectivity index is 2.14. The van der Waals surface area contributed by atoms with Gasteiger partial charge < -0.3 is 10.3 Å². The minimum Gasteiger partial charge on any atom is -0.331 e. The Kier molecular flexibility index (Phi) is 3.62. The molecule has 2 N–H and O–H groups in total. The van der Waals surface area contributed by atoms with Crippen LogP contribution >= 0.6 is 0 Å². The molecule has 3 heteroatoms. The van der Waals surface area contributed by atoms with E-state index in [1.54, 1.807) is 0 Å². The molecular formula is C17H23N3. The fourth-order valence-electron chi connectivity index (χ4n) is 3.23. The molecule has 0 unspecified atom stereocenters. The van der Waals surface area contributed by atoms with E-state index < -0.39 is 0 Å². The quantitative estimate of drug-likeness (QED) is 0.931. The summed E-state index contributed by atoms with van der Waals surface area (Å²) >= 11 is 0. The van der Waals surface area contributed by atoms with Crippen molar-refractivity contribution in [3.05, 3.63) is 40.8 Å². The van der Waals surface area contributed by atoms with Gasteiger partial charge in [-0.15, -0.1) is 0 Å². The Morgan fingerprint density at radius 1 is 1.25 bits per heavy atom. The third kappa shape index (κ3) is 2.27. The van der Waals surface area contributed by atoms with E-state index in [2.05, 4.69) is 36.6 Å². The van der Waals surface area contributed by atoms with E-state index in [0.717, 1.165) is 25.1 Å². The van der Waals surface area contributed by atoms with Crippen LogP contribution in [0.15, 0.2) is 18.2 Å². The number of hydrogen-bond acceptors (Lipinski definition) is 2. The molecule has 0 radical (unpaired) electrons. The summed E-state index contributed by atoms with van der Waals surface area (Å²) in [6, 6.07) is 6.62. The molecule has 3 nitrogen and oxygen atoms in total. The van der Waals surface area contributed by atoms with Crippen molar-refractivity contribution in [2.45, 2.75) is 46.1 Å². The first-order valence-electron chi connectivity index (χ1n) is 7.56. The maximum absolute atomic E-state index is 5.82. The topological polar surface area (TPSA) is 43.8 Å². The molecule has 0 saturated carbocycles. The van der Waals surface area contributed by atoms with Gasteiger partial charge in [0.25, 0.3) is 0 Å². The van der Waals surface area contributed by atoms with E-state index in [9.17, 15) is 0 Å². The highest BCUT2D eigenvalue weighted by atomic mass is 15.1. The van der Waals surface area contributed by atoms with Crippen LogP contribution in [0.4, 0.5) is 0 Å². The van der Waals surface area contributed by atoms with E-state index in [0.29, 0.717) is 6.54 Å². The lowest BCUT2D eigenvalue weighted by atomic mass is 10.0. The molecule has 2 heterocycles. The van der Waals surface area contributed by atoms with Crippen LogP contribution in [0.1, 0.15) is 35.5 Å². The van der Waals surface area contributed by atoms with Crippen molar-refractivity contribution in [3.63, 3.8) is 0 Å². The van der Waals surface area contributed by atoms with Gasteiger partial charge in [0, 0.05) is 30.6 Å². The maximum atomic E-state index is 5.82. The molecule has 1 aromatic carbocycles. The van der Waals surface area contributed by atoms with Gasteiger partial charge in [0.05, 0.1) is 5.69 Å². The molecule has 0 amide bonds. The lowest BCUT2D eigenvalue weighted by molar-refractivity contribution is 0.508. The lowest BCUT2D eigenvalue weighted by Crippen LogP contribution is -2.15. The van der Waals surface area contributed by atoms with Crippen LogP contribution in [0.25, 0.3) is 11.3 Å². The smallest absolute Gasteiger partial charge is 0.109 e. The third-order valence-electron chi connectivity index (χ3n) is 4.20. The van der Waals surface area contributed by atoms with Gasteiger partial charge in [0.2, 0.25) is 0 Å². The zero-order chi connectivity index (χ0) is 14.1. The summed E-state index contributed by atoms with van der Waals surface area (Å²) in [5.41, 5.74) is 12.2. The number of fused-ring (bicyclic) bond motifs is 1. The van der Waals surface area contributed by atoms with E-state index >= 15 is 0 Å². The van der Waals surface area contributed by atoms with Gasteiger partial charge in [-0.05, 0) is 38.8 Å². The summed E-state index contributed by atoms with van der Waals surface area (Å²) in [4.78, 5) is 4.94. The second kappa shape index (κ2) is 5.41. The van der Waals surface area contributed by atoms with Crippen LogP contribution in [0.5, 0.6) is 0 Å². The molecule has 1 aromatic heterocycles. The molecule has 0 spiro atoms. The van der Waals surface area contributed by atoms with Crippen molar-refractivity contribution >= 4 is 0 Å². The van der Waals surface area contributed by atoms with Crippen LogP contribution < -0.4 is 5.73 Å². The van der Waals surface area contributed by atoms with Crippen molar-refractivity contribution in [1.82, 2.24) is 9.55 Å². The minimum atomic E-state index is 0.684. The number of rotatable bonds is 3. The van der Waals surface area contributed by atoms with E-state index in [-0.39, 0.29) is 0 Å². The van der Waals surface area contributed by atoms with Gasteiger partial charge in [-0.2, -0.15) is 0 Å². The maximum Gasteiger partial charge on any atom is 0.109 e. The third-order valence-corrected chi connectivity index (χ3v) is 4.20. The summed E-state index contributed by atoms with van der Waals surface area (Å²) in [7, 11) is 0. The van der Waals surface area contributed by atoms with Crippen LogP contribution in [0.2, 0.25) is 0 Å². The van der Waals surface area contributed by atoms with Crippen molar-refractivity contribution in [3.8, 4) is 11.3 Å². The number of imidazole rings is 1. The number of hydrogen-bond donors (Lipinski definition) is 1. The highest BCUT2D eigenvalue weighted by Gasteiger charge is 2.20. The first-order valence-corrected chi connectivity index (χ1v) is 7.56. The van der Waals surface area contributed by atoms with Gasteiger partial charge >= 0.3 is 0 Å². The van der Waals surface area contributed by atoms with E-state index in [1.807, 2.05) is 0 Å². The van der Waals surface area contributed by atoms with Crippen molar-refractivity contribution in [1.29, 1.82) is 0 Å². The zero-order valence-corrected chi connectivity index (χ0v) is 12.4. The summed E-state index contributed by atoms with van der Waals surface area (Å²) in [6.45, 7) is 6.09. The SMILES string of the molecule is Cc1ccc(-c2nc3n(c2CCN)CCCC3)c(C)c1. The van der Waals surface area contributed by atoms with Crippen LogP contribution in [-0.2, 0) is 19.4 Å². The Morgan fingerprint density at radius 3 is 2.85 bits per heavy atom. The Morgan fingerprint density at radius 2 is 2.10 bits per heavy atom. The molecule has 0 aliphatic carbocycles. The number of benzene rings is 1.